The third kappa shape index (κ3) is 4.62. The molecule has 0 saturated carbocycles. The molecule has 3 nitrogen and oxygen atoms in total. The molecule has 0 atom stereocenters. The Hall–Kier alpha value is -3.20. The number of rotatable bonds is 5. The van der Waals surface area contributed by atoms with Gasteiger partial charge in [-0.2, -0.15) is 0 Å². The number of amides is 1. The number of pyridine rings is 1. The molecule has 29 heavy (non-hydrogen) atoms. The molecule has 0 saturated heterocycles. The van der Waals surface area contributed by atoms with Crippen molar-refractivity contribution < 1.29 is 4.79 Å². The molecule has 0 aliphatic heterocycles. The van der Waals surface area contributed by atoms with Crippen LogP contribution in [-0.2, 0) is 0 Å². The van der Waals surface area contributed by atoms with Crippen molar-refractivity contribution in [1.82, 2.24) is 4.98 Å². The molecule has 0 aliphatic rings. The molecular formula is C25H20N2OSe. The van der Waals surface area contributed by atoms with Crippen molar-refractivity contribution in [2.75, 3.05) is 5.32 Å². The van der Waals surface area contributed by atoms with Crippen molar-refractivity contribution >= 4 is 35.5 Å². The number of para-hydroxylation sites is 1. The van der Waals surface area contributed by atoms with E-state index in [9.17, 15) is 4.79 Å². The van der Waals surface area contributed by atoms with E-state index in [1.807, 2.05) is 30.3 Å². The molecular weight excluding hydrogens is 423 g/mol. The molecule has 0 radical (unpaired) electrons. The monoisotopic (exact) mass is 444 g/mol. The number of aromatic nitrogens is 1. The van der Waals surface area contributed by atoms with Crippen LogP contribution in [0.3, 0.4) is 0 Å². The average molecular weight is 443 g/mol. The Morgan fingerprint density at radius 1 is 0.828 bits per heavy atom. The number of nitrogens with one attached hydrogen (secondary N) is 1. The standard InChI is InChI=1S/C25H20N2OSe/c1-18-14-15-21(24(17-18)29-19-9-3-2-4-10-19)20-11-5-6-12-22(20)27-25(28)23-13-7-8-16-26-23/h2-17H,1H3,(H,27,28). The van der Waals surface area contributed by atoms with Gasteiger partial charge in [0.05, 0.1) is 0 Å². The van der Waals surface area contributed by atoms with Gasteiger partial charge in [0.2, 0.25) is 0 Å². The fraction of sp³-hybridized carbons (Fsp3) is 0.0400. The van der Waals surface area contributed by atoms with Gasteiger partial charge in [0.1, 0.15) is 0 Å². The molecule has 4 aromatic rings. The van der Waals surface area contributed by atoms with Crippen LogP contribution in [0.1, 0.15) is 16.1 Å². The van der Waals surface area contributed by atoms with Crippen molar-refractivity contribution in [2.45, 2.75) is 6.92 Å². The Labute approximate surface area is 177 Å². The summed E-state index contributed by atoms with van der Waals surface area (Å²) in [5.41, 5.74) is 4.59. The Balaban J connectivity index is 1.71. The summed E-state index contributed by atoms with van der Waals surface area (Å²) in [5, 5.41) is 3.04. The first-order valence-corrected chi connectivity index (χ1v) is 11.1. The van der Waals surface area contributed by atoms with Gasteiger partial charge in [-0.15, -0.1) is 0 Å². The van der Waals surface area contributed by atoms with Crippen LogP contribution in [0.5, 0.6) is 0 Å². The molecule has 1 amide bonds. The van der Waals surface area contributed by atoms with Crippen molar-refractivity contribution in [2.24, 2.45) is 0 Å². The molecule has 1 heterocycles. The third-order valence-electron chi connectivity index (χ3n) is 4.47. The molecule has 142 valence electrons. The minimum absolute atomic E-state index is 0.167. The number of carbonyl (C=O) groups is 1. The van der Waals surface area contributed by atoms with Gasteiger partial charge < -0.3 is 0 Å². The molecule has 4 rings (SSSR count). The molecule has 0 aliphatic carbocycles. The summed E-state index contributed by atoms with van der Waals surface area (Å²) in [7, 11) is 0. The molecule has 3 aromatic carbocycles. The maximum absolute atomic E-state index is 12.7. The van der Waals surface area contributed by atoms with Gasteiger partial charge in [-0.25, -0.2) is 0 Å². The molecule has 4 heteroatoms. The van der Waals surface area contributed by atoms with Gasteiger partial charge in [0.15, 0.2) is 0 Å². The number of hydrogen-bond donors (Lipinski definition) is 1. The summed E-state index contributed by atoms with van der Waals surface area (Å²) < 4.78 is 2.62. The predicted octanol–water partition coefficient (Wildman–Crippen LogP) is 3.96. The molecule has 0 bridgehead atoms. The Bertz CT molecular complexity index is 1130. The van der Waals surface area contributed by atoms with Gasteiger partial charge in [-0.3, -0.25) is 0 Å². The summed E-state index contributed by atoms with van der Waals surface area (Å²) in [6.45, 7) is 2.11. The number of carbonyl (C=O) groups excluding carboxylic acids is 1. The van der Waals surface area contributed by atoms with Crippen LogP contribution in [0.4, 0.5) is 5.69 Å². The quantitative estimate of drug-likeness (QED) is 0.475. The predicted molar refractivity (Wildman–Crippen MR) is 120 cm³/mol. The first-order valence-electron chi connectivity index (χ1n) is 9.36. The van der Waals surface area contributed by atoms with E-state index >= 15 is 0 Å². The zero-order valence-corrected chi connectivity index (χ0v) is 17.7. The molecule has 1 aromatic heterocycles. The number of aryl methyl sites for hydroxylation is 1. The van der Waals surface area contributed by atoms with Crippen LogP contribution in [0.2, 0.25) is 0 Å². The SMILES string of the molecule is Cc1ccc(-c2ccccc2NC(=O)c2ccccn2)c([Se]c2ccccc2)c1. The summed E-state index contributed by atoms with van der Waals surface area (Å²) in [4.78, 5) is 16.8. The van der Waals surface area contributed by atoms with Crippen LogP contribution in [-0.4, -0.2) is 25.8 Å². The number of benzene rings is 3. The second kappa shape index (κ2) is 8.87. The number of anilines is 1. The van der Waals surface area contributed by atoms with Crippen LogP contribution >= 0.6 is 0 Å². The fourth-order valence-electron chi connectivity index (χ4n) is 3.06. The van der Waals surface area contributed by atoms with Crippen molar-refractivity contribution in [3.63, 3.8) is 0 Å². The first kappa shape index (κ1) is 19.1. The normalized spacial score (nSPS) is 10.5. The Morgan fingerprint density at radius 2 is 1.59 bits per heavy atom. The summed E-state index contributed by atoms with van der Waals surface area (Å²) >= 11 is 0.167. The van der Waals surface area contributed by atoms with Gasteiger partial charge >= 0.3 is 177 Å². The zero-order chi connectivity index (χ0) is 20.1. The van der Waals surface area contributed by atoms with Crippen molar-refractivity contribution in [1.29, 1.82) is 0 Å². The number of nitrogens with zero attached hydrogens (tertiary/aromatic N) is 1. The van der Waals surface area contributed by atoms with Gasteiger partial charge in [-0.05, 0) is 0 Å². The maximum atomic E-state index is 12.7. The summed E-state index contributed by atoms with van der Waals surface area (Å²) in [6, 6.07) is 30.3. The van der Waals surface area contributed by atoms with E-state index in [4.69, 9.17) is 0 Å². The van der Waals surface area contributed by atoms with E-state index in [1.54, 1.807) is 18.3 Å². The van der Waals surface area contributed by atoms with E-state index in [0.717, 1.165) is 16.8 Å². The second-order valence-electron chi connectivity index (χ2n) is 6.63. The van der Waals surface area contributed by atoms with Gasteiger partial charge in [-0.1, -0.05) is 0 Å². The average Bonchev–Trinajstić information content (AvgIpc) is 2.76. The molecule has 0 fully saturated rings. The topological polar surface area (TPSA) is 42.0 Å². The Kier molecular flexibility index (Phi) is 5.85. The van der Waals surface area contributed by atoms with Crippen LogP contribution in [0.25, 0.3) is 11.1 Å². The van der Waals surface area contributed by atoms with Gasteiger partial charge in [0, 0.05) is 0 Å². The zero-order valence-electron chi connectivity index (χ0n) is 16.0. The van der Waals surface area contributed by atoms with E-state index in [2.05, 4.69) is 65.8 Å². The van der Waals surface area contributed by atoms with Crippen molar-refractivity contribution in [3.8, 4) is 11.1 Å². The second-order valence-corrected chi connectivity index (χ2v) is 8.97. The summed E-state index contributed by atoms with van der Waals surface area (Å²) in [6.07, 6.45) is 1.63. The summed E-state index contributed by atoms with van der Waals surface area (Å²) in [5.74, 6) is -0.208. The van der Waals surface area contributed by atoms with E-state index in [1.165, 1.54) is 14.5 Å². The van der Waals surface area contributed by atoms with Gasteiger partial charge in [0.25, 0.3) is 0 Å². The van der Waals surface area contributed by atoms with E-state index in [-0.39, 0.29) is 20.9 Å². The number of hydrogen-bond acceptors (Lipinski definition) is 2. The minimum atomic E-state index is -0.208. The van der Waals surface area contributed by atoms with Crippen LogP contribution in [0, 0.1) is 6.92 Å². The molecule has 0 unspecified atom stereocenters. The van der Waals surface area contributed by atoms with Crippen molar-refractivity contribution in [3.05, 3.63) is 108 Å². The fourth-order valence-corrected chi connectivity index (χ4v) is 5.33. The van der Waals surface area contributed by atoms with Crippen LogP contribution in [0.15, 0.2) is 97.2 Å². The third-order valence-corrected chi connectivity index (χ3v) is 6.71. The first-order chi connectivity index (χ1) is 14.2. The molecule has 1 N–H and O–H groups in total. The van der Waals surface area contributed by atoms with E-state index in [0.29, 0.717) is 5.69 Å². The Morgan fingerprint density at radius 3 is 2.38 bits per heavy atom. The van der Waals surface area contributed by atoms with Crippen LogP contribution < -0.4 is 14.2 Å². The van der Waals surface area contributed by atoms with E-state index < -0.39 is 0 Å². The molecule has 0 spiro atoms.